The molecule has 0 unspecified atom stereocenters. The van der Waals surface area contributed by atoms with Gasteiger partial charge in [0.2, 0.25) is 5.91 Å². The molecule has 0 aromatic rings. The van der Waals surface area contributed by atoms with E-state index >= 15 is 0 Å². The fourth-order valence-electron chi connectivity index (χ4n) is 2.05. The highest BCUT2D eigenvalue weighted by molar-refractivity contribution is 5.86. The molecular weight excluding hydrogens is 206 g/mol. The average Bonchev–Trinajstić information content (AvgIpc) is 2.68. The molecule has 1 fully saturated rings. The smallest absolute Gasteiger partial charge is 0.329 e. The molecule has 0 aliphatic heterocycles. The summed E-state index contributed by atoms with van der Waals surface area (Å²) in [5, 5.41) is 9.03. The Morgan fingerprint density at radius 3 is 2.25 bits per heavy atom. The van der Waals surface area contributed by atoms with Crippen LogP contribution < -0.4 is 0 Å². The van der Waals surface area contributed by atoms with E-state index in [9.17, 15) is 9.59 Å². The summed E-state index contributed by atoms with van der Waals surface area (Å²) in [6.07, 6.45) is 5.10. The van der Waals surface area contributed by atoms with Crippen molar-refractivity contribution in [3.63, 3.8) is 0 Å². The average molecular weight is 227 g/mol. The molecule has 4 nitrogen and oxygen atoms in total. The molecule has 0 bridgehead atoms. The maximum atomic E-state index is 11.9. The summed E-state index contributed by atoms with van der Waals surface area (Å²) in [7, 11) is 1.57. The summed E-state index contributed by atoms with van der Waals surface area (Å²) in [5.41, 5.74) is -1.12. The number of carbonyl (C=O) groups is 2. The second kappa shape index (κ2) is 4.85. The van der Waals surface area contributed by atoms with Crippen LogP contribution in [0.25, 0.3) is 0 Å². The normalized spacial score (nSPS) is 17.4. The summed E-state index contributed by atoms with van der Waals surface area (Å²) in [6.45, 7) is 3.11. The zero-order chi connectivity index (χ0) is 12.3. The zero-order valence-electron chi connectivity index (χ0n) is 10.3. The second-order valence-electron chi connectivity index (χ2n) is 5.17. The molecule has 1 rings (SSSR count). The monoisotopic (exact) mass is 227 g/mol. The van der Waals surface area contributed by atoms with Crippen molar-refractivity contribution < 1.29 is 14.7 Å². The number of likely N-dealkylation sites (N-methyl/N-ethyl adjacent to an activating group) is 1. The van der Waals surface area contributed by atoms with Crippen LogP contribution in [0.15, 0.2) is 0 Å². The first-order chi connectivity index (χ1) is 7.35. The van der Waals surface area contributed by atoms with Gasteiger partial charge in [-0.05, 0) is 32.6 Å². The van der Waals surface area contributed by atoms with E-state index in [1.165, 1.54) is 17.7 Å². The van der Waals surface area contributed by atoms with Crippen LogP contribution in [0.3, 0.4) is 0 Å². The lowest BCUT2D eigenvalue weighted by atomic mass is 9.99. The number of carbonyl (C=O) groups excluding carboxylic acids is 1. The topological polar surface area (TPSA) is 57.6 Å². The maximum Gasteiger partial charge on any atom is 0.329 e. The van der Waals surface area contributed by atoms with Gasteiger partial charge in [-0.2, -0.15) is 0 Å². The number of carboxylic acids is 1. The predicted molar refractivity (Wildman–Crippen MR) is 61.1 cm³/mol. The summed E-state index contributed by atoms with van der Waals surface area (Å²) in [5.74, 6) is -0.561. The van der Waals surface area contributed by atoms with E-state index in [0.717, 1.165) is 12.8 Å². The first-order valence-corrected chi connectivity index (χ1v) is 5.85. The van der Waals surface area contributed by atoms with E-state index in [-0.39, 0.29) is 5.91 Å². The lowest BCUT2D eigenvalue weighted by Gasteiger charge is -2.32. The highest BCUT2D eigenvalue weighted by Crippen LogP contribution is 2.28. The minimum atomic E-state index is -1.12. The highest BCUT2D eigenvalue weighted by Gasteiger charge is 2.35. The third kappa shape index (κ3) is 2.74. The third-order valence-corrected chi connectivity index (χ3v) is 3.67. The molecular formula is C12H21NO3. The van der Waals surface area contributed by atoms with E-state index in [2.05, 4.69) is 0 Å². The van der Waals surface area contributed by atoms with Gasteiger partial charge in [0.15, 0.2) is 0 Å². The Labute approximate surface area is 96.6 Å². The van der Waals surface area contributed by atoms with Gasteiger partial charge < -0.3 is 10.0 Å². The molecule has 1 saturated carbocycles. The Kier molecular flexibility index (Phi) is 3.94. The molecule has 0 aromatic heterocycles. The first-order valence-electron chi connectivity index (χ1n) is 5.85. The van der Waals surface area contributed by atoms with E-state index in [0.29, 0.717) is 12.3 Å². The van der Waals surface area contributed by atoms with Crippen LogP contribution in [-0.2, 0) is 9.59 Å². The van der Waals surface area contributed by atoms with Gasteiger partial charge >= 0.3 is 5.97 Å². The number of aliphatic carboxylic acids is 1. The molecule has 0 atom stereocenters. The molecule has 0 saturated heterocycles. The number of rotatable bonds is 4. The van der Waals surface area contributed by atoms with Gasteiger partial charge in [-0.3, -0.25) is 4.79 Å². The van der Waals surface area contributed by atoms with E-state index < -0.39 is 11.5 Å². The number of nitrogens with zero attached hydrogens (tertiary/aromatic N) is 1. The summed E-state index contributed by atoms with van der Waals surface area (Å²) in [6, 6.07) is 0. The van der Waals surface area contributed by atoms with Crippen LogP contribution >= 0.6 is 0 Å². The van der Waals surface area contributed by atoms with Crippen molar-refractivity contribution in [3.05, 3.63) is 0 Å². The fourth-order valence-corrected chi connectivity index (χ4v) is 2.05. The van der Waals surface area contributed by atoms with Crippen LogP contribution in [0.2, 0.25) is 0 Å². The lowest BCUT2D eigenvalue weighted by Crippen LogP contribution is -2.51. The minimum Gasteiger partial charge on any atom is -0.480 e. The molecule has 0 spiro atoms. The van der Waals surface area contributed by atoms with E-state index in [4.69, 9.17) is 5.11 Å². The molecule has 4 heteroatoms. The Morgan fingerprint density at radius 2 is 1.81 bits per heavy atom. The highest BCUT2D eigenvalue weighted by atomic mass is 16.4. The maximum absolute atomic E-state index is 11.9. The van der Waals surface area contributed by atoms with Crippen molar-refractivity contribution in [2.75, 3.05) is 7.05 Å². The molecule has 1 aliphatic rings. The lowest BCUT2D eigenvalue weighted by molar-refractivity contribution is -0.155. The Morgan fingerprint density at radius 1 is 1.31 bits per heavy atom. The Balaban J connectivity index is 2.55. The van der Waals surface area contributed by atoms with Crippen LogP contribution in [0, 0.1) is 5.92 Å². The standard InChI is InChI=1S/C12H21NO3/c1-12(2,11(15)16)13(3)10(14)8-9-6-4-5-7-9/h9H,4-8H2,1-3H3,(H,15,16). The van der Waals surface area contributed by atoms with Gasteiger partial charge in [-0.1, -0.05) is 12.8 Å². The fraction of sp³-hybridized carbons (Fsp3) is 0.833. The van der Waals surface area contributed by atoms with E-state index in [1.54, 1.807) is 20.9 Å². The van der Waals surface area contributed by atoms with Gasteiger partial charge in [-0.15, -0.1) is 0 Å². The van der Waals surface area contributed by atoms with Crippen molar-refractivity contribution >= 4 is 11.9 Å². The Bertz CT molecular complexity index is 280. The SMILES string of the molecule is CN(C(=O)CC1CCCC1)C(C)(C)C(=O)O. The molecule has 0 heterocycles. The molecule has 0 radical (unpaired) electrons. The molecule has 92 valence electrons. The van der Waals surface area contributed by atoms with Gasteiger partial charge in [0.25, 0.3) is 0 Å². The second-order valence-corrected chi connectivity index (χ2v) is 5.17. The van der Waals surface area contributed by atoms with Crippen LogP contribution in [0.5, 0.6) is 0 Å². The van der Waals surface area contributed by atoms with Gasteiger partial charge in [0, 0.05) is 13.5 Å². The number of hydrogen-bond acceptors (Lipinski definition) is 2. The minimum absolute atomic E-state index is 0.0562. The molecule has 16 heavy (non-hydrogen) atoms. The van der Waals surface area contributed by atoms with Crippen molar-refractivity contribution in [1.82, 2.24) is 4.90 Å². The summed E-state index contributed by atoms with van der Waals surface area (Å²) < 4.78 is 0. The van der Waals surface area contributed by atoms with Crippen molar-refractivity contribution in [3.8, 4) is 0 Å². The largest absolute Gasteiger partial charge is 0.480 e. The molecule has 1 amide bonds. The zero-order valence-corrected chi connectivity index (χ0v) is 10.3. The number of hydrogen-bond donors (Lipinski definition) is 1. The van der Waals surface area contributed by atoms with Crippen LogP contribution in [-0.4, -0.2) is 34.5 Å². The Hall–Kier alpha value is -1.06. The molecule has 1 N–H and O–H groups in total. The van der Waals surface area contributed by atoms with Crippen LogP contribution in [0.1, 0.15) is 46.0 Å². The van der Waals surface area contributed by atoms with Crippen LogP contribution in [0.4, 0.5) is 0 Å². The van der Waals surface area contributed by atoms with Gasteiger partial charge in [0.1, 0.15) is 5.54 Å². The van der Waals surface area contributed by atoms with Crippen molar-refractivity contribution in [2.45, 2.75) is 51.5 Å². The predicted octanol–water partition coefficient (Wildman–Crippen LogP) is 1.89. The summed E-state index contributed by atoms with van der Waals surface area (Å²) >= 11 is 0. The van der Waals surface area contributed by atoms with Gasteiger partial charge in [-0.25, -0.2) is 4.79 Å². The van der Waals surface area contributed by atoms with E-state index in [1.807, 2.05) is 0 Å². The molecule has 0 aromatic carbocycles. The summed E-state index contributed by atoms with van der Waals surface area (Å²) in [4.78, 5) is 24.3. The first kappa shape index (κ1) is 13.0. The van der Waals surface area contributed by atoms with Crippen molar-refractivity contribution in [2.24, 2.45) is 5.92 Å². The van der Waals surface area contributed by atoms with Crippen molar-refractivity contribution in [1.29, 1.82) is 0 Å². The number of carboxylic acid groups (broad SMARTS) is 1. The quantitative estimate of drug-likeness (QED) is 0.797. The van der Waals surface area contributed by atoms with Gasteiger partial charge in [0.05, 0.1) is 0 Å². The third-order valence-electron chi connectivity index (χ3n) is 3.67. The number of amides is 1. The molecule has 1 aliphatic carbocycles.